The number of H-pyrrole nitrogens is 1. The Morgan fingerprint density at radius 3 is 2.59 bits per heavy atom. The number of halogens is 1. The first-order chi connectivity index (χ1) is 13.2. The SMILES string of the molecule is O=C(Nc1ccc(OCc2ccccc2Cl)cc1)c1ccc2n[nH]nc2c1. The van der Waals surface area contributed by atoms with Crippen molar-refractivity contribution in [2.24, 2.45) is 0 Å². The minimum atomic E-state index is -0.218. The fraction of sp³-hybridized carbons (Fsp3) is 0.0500. The molecule has 0 aliphatic rings. The van der Waals surface area contributed by atoms with Crippen molar-refractivity contribution < 1.29 is 9.53 Å². The highest BCUT2D eigenvalue weighted by molar-refractivity contribution is 6.31. The molecule has 4 rings (SSSR count). The van der Waals surface area contributed by atoms with Crippen molar-refractivity contribution in [1.29, 1.82) is 0 Å². The van der Waals surface area contributed by atoms with Gasteiger partial charge in [0, 0.05) is 21.8 Å². The Kier molecular flexibility index (Phi) is 4.72. The van der Waals surface area contributed by atoms with Gasteiger partial charge in [-0.2, -0.15) is 15.4 Å². The van der Waals surface area contributed by atoms with Crippen LogP contribution in [0.25, 0.3) is 11.0 Å². The number of nitrogens with zero attached hydrogens (tertiary/aromatic N) is 2. The molecule has 6 nitrogen and oxygen atoms in total. The van der Waals surface area contributed by atoms with E-state index in [9.17, 15) is 4.79 Å². The number of aromatic amines is 1. The third-order valence-corrected chi connectivity index (χ3v) is 4.41. The fourth-order valence-corrected chi connectivity index (χ4v) is 2.79. The van der Waals surface area contributed by atoms with Crippen LogP contribution in [0.2, 0.25) is 5.02 Å². The third kappa shape index (κ3) is 3.91. The van der Waals surface area contributed by atoms with Gasteiger partial charge in [-0.25, -0.2) is 0 Å². The summed E-state index contributed by atoms with van der Waals surface area (Å²) in [5.41, 5.74) is 3.46. The molecule has 1 heterocycles. The van der Waals surface area contributed by atoms with Crippen molar-refractivity contribution >= 4 is 34.2 Å². The smallest absolute Gasteiger partial charge is 0.255 e. The van der Waals surface area contributed by atoms with Gasteiger partial charge in [-0.05, 0) is 48.5 Å². The van der Waals surface area contributed by atoms with Gasteiger partial charge >= 0.3 is 0 Å². The Balaban J connectivity index is 1.39. The van der Waals surface area contributed by atoms with E-state index in [1.807, 2.05) is 24.3 Å². The molecule has 0 spiro atoms. The number of hydrogen-bond donors (Lipinski definition) is 2. The number of aromatic nitrogens is 3. The molecule has 27 heavy (non-hydrogen) atoms. The summed E-state index contributed by atoms with van der Waals surface area (Å²) in [6.45, 7) is 0.378. The maximum absolute atomic E-state index is 12.4. The predicted molar refractivity (Wildman–Crippen MR) is 104 cm³/mol. The highest BCUT2D eigenvalue weighted by atomic mass is 35.5. The van der Waals surface area contributed by atoms with E-state index < -0.39 is 0 Å². The van der Waals surface area contributed by atoms with Gasteiger partial charge in [-0.3, -0.25) is 4.79 Å². The second-order valence-electron chi connectivity index (χ2n) is 5.89. The summed E-state index contributed by atoms with van der Waals surface area (Å²) >= 11 is 6.12. The van der Waals surface area contributed by atoms with E-state index in [2.05, 4.69) is 20.7 Å². The molecule has 0 atom stereocenters. The lowest BCUT2D eigenvalue weighted by molar-refractivity contribution is 0.102. The van der Waals surface area contributed by atoms with Crippen LogP contribution in [0.4, 0.5) is 5.69 Å². The van der Waals surface area contributed by atoms with Crippen molar-refractivity contribution in [3.8, 4) is 5.75 Å². The summed E-state index contributed by atoms with van der Waals surface area (Å²) in [5, 5.41) is 14.0. The molecular weight excluding hydrogens is 364 g/mol. The van der Waals surface area contributed by atoms with E-state index >= 15 is 0 Å². The summed E-state index contributed by atoms with van der Waals surface area (Å²) < 4.78 is 5.74. The number of fused-ring (bicyclic) bond motifs is 1. The van der Waals surface area contributed by atoms with Gasteiger partial charge in [0.15, 0.2) is 0 Å². The van der Waals surface area contributed by atoms with E-state index in [1.54, 1.807) is 42.5 Å². The lowest BCUT2D eigenvalue weighted by atomic mass is 10.2. The van der Waals surface area contributed by atoms with Crippen LogP contribution < -0.4 is 10.1 Å². The lowest BCUT2D eigenvalue weighted by Gasteiger charge is -2.09. The summed E-state index contributed by atoms with van der Waals surface area (Å²) in [6, 6.07) is 19.9. The fourth-order valence-electron chi connectivity index (χ4n) is 2.60. The summed E-state index contributed by atoms with van der Waals surface area (Å²) in [6.07, 6.45) is 0. The molecular formula is C20H15ClN4O2. The number of carbonyl (C=O) groups excluding carboxylic acids is 1. The Morgan fingerprint density at radius 2 is 1.78 bits per heavy atom. The van der Waals surface area contributed by atoms with Crippen molar-refractivity contribution in [2.45, 2.75) is 6.61 Å². The second-order valence-corrected chi connectivity index (χ2v) is 6.29. The standard InChI is InChI=1S/C20H15ClN4O2/c21-17-4-2-1-3-14(17)12-27-16-8-6-15(7-9-16)22-20(26)13-5-10-18-19(11-13)24-25-23-18/h1-11H,12H2,(H,22,26)(H,23,24,25). The molecule has 0 aliphatic carbocycles. The van der Waals surface area contributed by atoms with Crippen LogP contribution >= 0.6 is 11.6 Å². The van der Waals surface area contributed by atoms with E-state index in [0.29, 0.717) is 39.7 Å². The average molecular weight is 379 g/mol. The van der Waals surface area contributed by atoms with Crippen LogP contribution in [0.5, 0.6) is 5.75 Å². The zero-order valence-electron chi connectivity index (χ0n) is 14.1. The number of anilines is 1. The van der Waals surface area contributed by atoms with Gasteiger partial charge in [0.05, 0.1) is 0 Å². The summed E-state index contributed by atoms with van der Waals surface area (Å²) in [7, 11) is 0. The zero-order chi connectivity index (χ0) is 18.6. The predicted octanol–water partition coefficient (Wildman–Crippen LogP) is 4.44. The van der Waals surface area contributed by atoms with Crippen molar-refractivity contribution in [3.05, 3.63) is 82.9 Å². The number of amides is 1. The normalized spacial score (nSPS) is 10.7. The van der Waals surface area contributed by atoms with Gasteiger partial charge in [0.25, 0.3) is 5.91 Å². The first-order valence-electron chi connectivity index (χ1n) is 8.27. The van der Waals surface area contributed by atoms with Gasteiger partial charge in [-0.1, -0.05) is 29.8 Å². The Labute approximate surface area is 160 Å². The molecule has 2 N–H and O–H groups in total. The van der Waals surface area contributed by atoms with Gasteiger partial charge in [-0.15, -0.1) is 0 Å². The number of ether oxygens (including phenoxy) is 1. The van der Waals surface area contributed by atoms with Crippen LogP contribution in [0.3, 0.4) is 0 Å². The second kappa shape index (κ2) is 7.47. The molecule has 4 aromatic rings. The topological polar surface area (TPSA) is 79.9 Å². The van der Waals surface area contributed by atoms with Crippen molar-refractivity contribution in [2.75, 3.05) is 5.32 Å². The lowest BCUT2D eigenvalue weighted by Crippen LogP contribution is -2.11. The molecule has 0 saturated carbocycles. The molecule has 0 radical (unpaired) electrons. The number of nitrogens with one attached hydrogen (secondary N) is 2. The maximum Gasteiger partial charge on any atom is 0.255 e. The molecule has 0 unspecified atom stereocenters. The minimum Gasteiger partial charge on any atom is -0.489 e. The van der Waals surface area contributed by atoms with E-state index in [4.69, 9.17) is 16.3 Å². The maximum atomic E-state index is 12.4. The molecule has 3 aromatic carbocycles. The van der Waals surface area contributed by atoms with E-state index in [0.717, 1.165) is 5.56 Å². The molecule has 0 saturated heterocycles. The highest BCUT2D eigenvalue weighted by Gasteiger charge is 2.09. The monoisotopic (exact) mass is 378 g/mol. The van der Waals surface area contributed by atoms with Crippen molar-refractivity contribution in [3.63, 3.8) is 0 Å². The Hall–Kier alpha value is -3.38. The Bertz CT molecular complexity index is 1090. The molecule has 0 fully saturated rings. The quantitative estimate of drug-likeness (QED) is 0.538. The van der Waals surface area contributed by atoms with Crippen LogP contribution in [0, 0.1) is 0 Å². The third-order valence-electron chi connectivity index (χ3n) is 4.04. The molecule has 1 aromatic heterocycles. The van der Waals surface area contributed by atoms with Crippen LogP contribution in [0.15, 0.2) is 66.7 Å². The number of carbonyl (C=O) groups is 1. The first kappa shape index (κ1) is 17.1. The first-order valence-corrected chi connectivity index (χ1v) is 8.65. The largest absolute Gasteiger partial charge is 0.489 e. The van der Waals surface area contributed by atoms with Crippen molar-refractivity contribution in [1.82, 2.24) is 15.4 Å². The Morgan fingerprint density at radius 1 is 1.00 bits per heavy atom. The average Bonchev–Trinajstić information content (AvgIpc) is 3.16. The van der Waals surface area contributed by atoms with Gasteiger partial charge in [0.1, 0.15) is 23.4 Å². The molecule has 0 aliphatic heterocycles. The van der Waals surface area contributed by atoms with Crippen LogP contribution in [-0.4, -0.2) is 21.3 Å². The molecule has 134 valence electrons. The molecule has 7 heteroatoms. The van der Waals surface area contributed by atoms with E-state index in [1.165, 1.54) is 0 Å². The summed E-state index contributed by atoms with van der Waals surface area (Å²) in [5.74, 6) is 0.474. The molecule has 1 amide bonds. The van der Waals surface area contributed by atoms with Crippen LogP contribution in [-0.2, 0) is 6.61 Å². The minimum absolute atomic E-state index is 0.218. The number of rotatable bonds is 5. The summed E-state index contributed by atoms with van der Waals surface area (Å²) in [4.78, 5) is 12.4. The van der Waals surface area contributed by atoms with Gasteiger partial charge < -0.3 is 10.1 Å². The number of benzene rings is 3. The molecule has 0 bridgehead atoms. The zero-order valence-corrected chi connectivity index (χ0v) is 14.9. The van der Waals surface area contributed by atoms with E-state index in [-0.39, 0.29) is 5.91 Å². The van der Waals surface area contributed by atoms with Gasteiger partial charge in [0.2, 0.25) is 0 Å². The highest BCUT2D eigenvalue weighted by Crippen LogP contribution is 2.21. The van der Waals surface area contributed by atoms with Crippen LogP contribution in [0.1, 0.15) is 15.9 Å². The number of hydrogen-bond acceptors (Lipinski definition) is 4.